The van der Waals surface area contributed by atoms with Crippen molar-refractivity contribution in [1.29, 1.82) is 0 Å². The van der Waals surface area contributed by atoms with Crippen LogP contribution < -0.4 is 15.4 Å². The summed E-state index contributed by atoms with van der Waals surface area (Å²) >= 11 is 1.73. The van der Waals surface area contributed by atoms with E-state index in [0.717, 1.165) is 37.5 Å². The molecule has 2 aromatic rings. The van der Waals surface area contributed by atoms with E-state index in [2.05, 4.69) is 38.7 Å². The van der Waals surface area contributed by atoms with Gasteiger partial charge in [-0.15, -0.1) is 35.3 Å². The molecule has 6 nitrogen and oxygen atoms in total. The summed E-state index contributed by atoms with van der Waals surface area (Å²) in [4.78, 5) is 6.19. The summed E-state index contributed by atoms with van der Waals surface area (Å²) in [5.41, 5.74) is 2.24. The summed E-state index contributed by atoms with van der Waals surface area (Å²) in [6.07, 6.45) is 1.86. The molecule has 1 saturated carbocycles. The molecule has 3 N–H and O–H groups in total. The van der Waals surface area contributed by atoms with E-state index in [1.165, 1.54) is 10.4 Å². The second-order valence-corrected chi connectivity index (χ2v) is 9.33. The number of hydrogen-bond donors (Lipinski definition) is 3. The first-order valence-corrected chi connectivity index (χ1v) is 11.5. The SMILES string of the molecule is CCNC(=NCc1ccc(S(=O)(=O)NC2CC2)cc1)NCc1sccc1C.I. The second kappa shape index (κ2) is 10.6. The van der Waals surface area contributed by atoms with E-state index >= 15 is 0 Å². The van der Waals surface area contributed by atoms with Crippen LogP contribution in [0, 0.1) is 6.92 Å². The van der Waals surface area contributed by atoms with Crippen LogP contribution in [0.2, 0.25) is 0 Å². The van der Waals surface area contributed by atoms with Gasteiger partial charge in [-0.1, -0.05) is 12.1 Å². The lowest BCUT2D eigenvalue weighted by atomic mass is 10.2. The van der Waals surface area contributed by atoms with Gasteiger partial charge in [-0.3, -0.25) is 0 Å². The number of hydrogen-bond acceptors (Lipinski definition) is 4. The Morgan fingerprint density at radius 3 is 2.46 bits per heavy atom. The van der Waals surface area contributed by atoms with Gasteiger partial charge in [0.2, 0.25) is 10.0 Å². The number of benzene rings is 1. The van der Waals surface area contributed by atoms with E-state index in [0.29, 0.717) is 11.4 Å². The molecule has 0 bridgehead atoms. The molecule has 1 fully saturated rings. The number of aryl methyl sites for hydroxylation is 1. The molecular weight excluding hydrogens is 507 g/mol. The zero-order valence-electron chi connectivity index (χ0n) is 16.1. The van der Waals surface area contributed by atoms with Crippen LogP contribution in [0.1, 0.15) is 35.8 Å². The van der Waals surface area contributed by atoms with Crippen LogP contribution in [0.3, 0.4) is 0 Å². The van der Waals surface area contributed by atoms with Crippen molar-refractivity contribution in [1.82, 2.24) is 15.4 Å². The quantitative estimate of drug-likeness (QED) is 0.276. The highest BCUT2D eigenvalue weighted by atomic mass is 127. The van der Waals surface area contributed by atoms with E-state index in [4.69, 9.17) is 0 Å². The predicted octanol–water partition coefficient (Wildman–Crippen LogP) is 3.37. The average Bonchev–Trinajstić information content (AvgIpc) is 3.36. The molecule has 3 rings (SSSR count). The fraction of sp³-hybridized carbons (Fsp3) is 0.421. The molecule has 1 aliphatic carbocycles. The maximum atomic E-state index is 12.2. The van der Waals surface area contributed by atoms with Gasteiger partial charge in [0.1, 0.15) is 0 Å². The van der Waals surface area contributed by atoms with Gasteiger partial charge in [0.05, 0.1) is 18.0 Å². The van der Waals surface area contributed by atoms with E-state index in [1.54, 1.807) is 23.5 Å². The minimum Gasteiger partial charge on any atom is -0.357 e. The van der Waals surface area contributed by atoms with Crippen LogP contribution in [0.4, 0.5) is 0 Å². The van der Waals surface area contributed by atoms with Gasteiger partial charge in [-0.2, -0.15) is 0 Å². The molecule has 1 aromatic carbocycles. The third kappa shape index (κ3) is 6.71. The number of rotatable bonds is 8. The molecule has 1 aromatic heterocycles. The summed E-state index contributed by atoms with van der Waals surface area (Å²) in [6.45, 7) is 6.12. The monoisotopic (exact) mass is 534 g/mol. The molecule has 0 spiro atoms. The highest BCUT2D eigenvalue weighted by molar-refractivity contribution is 14.0. The lowest BCUT2D eigenvalue weighted by Crippen LogP contribution is -2.36. The average molecular weight is 534 g/mol. The number of thiophene rings is 1. The summed E-state index contributed by atoms with van der Waals surface area (Å²) in [5.74, 6) is 0.748. The number of nitrogens with zero attached hydrogens (tertiary/aromatic N) is 1. The Morgan fingerprint density at radius 2 is 1.89 bits per heavy atom. The molecule has 0 radical (unpaired) electrons. The predicted molar refractivity (Wildman–Crippen MR) is 126 cm³/mol. The van der Waals surface area contributed by atoms with Crippen LogP contribution in [-0.2, 0) is 23.1 Å². The van der Waals surface area contributed by atoms with Crippen LogP contribution in [-0.4, -0.2) is 27.0 Å². The van der Waals surface area contributed by atoms with Gasteiger partial charge < -0.3 is 10.6 Å². The van der Waals surface area contributed by atoms with Crippen molar-refractivity contribution in [2.24, 2.45) is 4.99 Å². The summed E-state index contributed by atoms with van der Waals surface area (Å²) in [7, 11) is -3.40. The second-order valence-electron chi connectivity index (χ2n) is 6.62. The highest BCUT2D eigenvalue weighted by Gasteiger charge is 2.27. The van der Waals surface area contributed by atoms with Crippen molar-refractivity contribution in [3.8, 4) is 0 Å². The minimum absolute atomic E-state index is 0. The van der Waals surface area contributed by atoms with Crippen LogP contribution in [0.15, 0.2) is 45.6 Å². The highest BCUT2D eigenvalue weighted by Crippen LogP contribution is 2.22. The first-order valence-electron chi connectivity index (χ1n) is 9.14. The molecule has 28 heavy (non-hydrogen) atoms. The largest absolute Gasteiger partial charge is 0.357 e. The van der Waals surface area contributed by atoms with Gasteiger partial charge in [-0.25, -0.2) is 18.1 Å². The molecule has 0 atom stereocenters. The first-order chi connectivity index (χ1) is 13.0. The van der Waals surface area contributed by atoms with Crippen molar-refractivity contribution in [3.05, 3.63) is 51.7 Å². The first kappa shape index (κ1) is 23.1. The zero-order chi connectivity index (χ0) is 19.3. The molecule has 1 aliphatic rings. The maximum Gasteiger partial charge on any atom is 0.240 e. The Labute approximate surface area is 188 Å². The number of aliphatic imine (C=N–C) groups is 1. The number of nitrogens with one attached hydrogen (secondary N) is 3. The van der Waals surface area contributed by atoms with Crippen molar-refractivity contribution < 1.29 is 8.42 Å². The normalized spacial score (nSPS) is 14.4. The zero-order valence-corrected chi connectivity index (χ0v) is 20.0. The van der Waals surface area contributed by atoms with Crippen molar-refractivity contribution in [3.63, 3.8) is 0 Å². The molecule has 0 aliphatic heterocycles. The standard InChI is InChI=1S/C19H26N4O2S2.HI/c1-3-20-19(22-13-18-14(2)10-11-26-18)21-12-15-4-8-17(9-5-15)27(24,25)23-16-6-7-16;/h4-5,8-11,16,23H,3,6-7,12-13H2,1-2H3,(H2,20,21,22);1H. The number of guanidine groups is 1. The molecular formula is C19H27IN4O2S2. The fourth-order valence-corrected chi connectivity index (χ4v) is 4.67. The van der Waals surface area contributed by atoms with Gasteiger partial charge >= 0.3 is 0 Å². The lowest BCUT2D eigenvalue weighted by molar-refractivity contribution is 0.581. The number of sulfonamides is 1. The fourth-order valence-electron chi connectivity index (χ4n) is 2.52. The Hall–Kier alpha value is -1.17. The third-order valence-corrected chi connectivity index (χ3v) is 6.84. The van der Waals surface area contributed by atoms with Gasteiger partial charge in [0.25, 0.3) is 0 Å². The van der Waals surface area contributed by atoms with E-state index in [1.807, 2.05) is 19.1 Å². The molecule has 0 saturated heterocycles. The molecule has 0 amide bonds. The van der Waals surface area contributed by atoms with Crippen LogP contribution in [0.25, 0.3) is 0 Å². The molecule has 9 heteroatoms. The summed E-state index contributed by atoms with van der Waals surface area (Å²) < 4.78 is 27.1. The Balaban J connectivity index is 0.00000280. The van der Waals surface area contributed by atoms with Crippen molar-refractivity contribution in [2.75, 3.05) is 6.54 Å². The Bertz CT molecular complexity index is 891. The topological polar surface area (TPSA) is 82.6 Å². The van der Waals surface area contributed by atoms with Crippen LogP contribution >= 0.6 is 35.3 Å². The van der Waals surface area contributed by atoms with Gasteiger partial charge in [0, 0.05) is 17.5 Å². The molecule has 0 unspecified atom stereocenters. The Kier molecular flexibility index (Phi) is 8.72. The van der Waals surface area contributed by atoms with Crippen molar-refractivity contribution >= 4 is 51.3 Å². The van der Waals surface area contributed by atoms with E-state index < -0.39 is 10.0 Å². The summed E-state index contributed by atoms with van der Waals surface area (Å²) in [5, 5.41) is 8.67. The number of halogens is 1. The molecule has 154 valence electrons. The molecule has 1 heterocycles. The summed E-state index contributed by atoms with van der Waals surface area (Å²) in [6, 6.07) is 9.14. The van der Waals surface area contributed by atoms with Crippen LogP contribution in [0.5, 0.6) is 0 Å². The lowest BCUT2D eigenvalue weighted by Gasteiger charge is -2.11. The smallest absolute Gasteiger partial charge is 0.240 e. The maximum absolute atomic E-state index is 12.2. The minimum atomic E-state index is -3.40. The van der Waals surface area contributed by atoms with E-state index in [9.17, 15) is 8.42 Å². The van der Waals surface area contributed by atoms with Gasteiger partial charge in [0.15, 0.2) is 5.96 Å². The van der Waals surface area contributed by atoms with Gasteiger partial charge in [-0.05, 0) is 61.4 Å². The van der Waals surface area contributed by atoms with Crippen molar-refractivity contribution in [2.45, 2.75) is 50.7 Å². The third-order valence-electron chi connectivity index (χ3n) is 4.28. The van der Waals surface area contributed by atoms with E-state index in [-0.39, 0.29) is 30.0 Å². The Morgan fingerprint density at radius 1 is 1.18 bits per heavy atom.